The van der Waals surface area contributed by atoms with Gasteiger partial charge in [0.05, 0.1) is 23.6 Å². The summed E-state index contributed by atoms with van der Waals surface area (Å²) in [5, 5.41) is 16.9. The van der Waals surface area contributed by atoms with E-state index in [1.165, 1.54) is 37.0 Å². The normalized spacial score (nSPS) is 17.0. The van der Waals surface area contributed by atoms with Gasteiger partial charge in [0.25, 0.3) is 5.91 Å². The van der Waals surface area contributed by atoms with Crippen LogP contribution in [-0.4, -0.2) is 30.9 Å². The number of H-pyrrole nitrogens is 1. The number of hydrogen-bond donors (Lipinski definition) is 2. The fraction of sp³-hybridized carbons (Fsp3) is 0.444. The third-order valence-electron chi connectivity index (χ3n) is 5.16. The van der Waals surface area contributed by atoms with Gasteiger partial charge in [0.1, 0.15) is 10.7 Å². The molecular weight excluding hydrogens is 348 g/mol. The lowest BCUT2D eigenvalue weighted by molar-refractivity contribution is 0.102. The van der Waals surface area contributed by atoms with Gasteiger partial charge in [-0.15, -0.1) is 11.3 Å². The fourth-order valence-electron chi connectivity index (χ4n) is 3.51. The summed E-state index contributed by atoms with van der Waals surface area (Å²) in [6.45, 7) is 1.95. The first-order valence-electron chi connectivity index (χ1n) is 9.01. The summed E-state index contributed by atoms with van der Waals surface area (Å²) in [6.07, 6.45) is 10.7. The van der Waals surface area contributed by atoms with Gasteiger partial charge >= 0.3 is 0 Å². The number of aromatic amines is 1. The number of aromatic nitrogens is 5. The van der Waals surface area contributed by atoms with Crippen LogP contribution in [0.2, 0.25) is 0 Å². The maximum Gasteiger partial charge on any atom is 0.275 e. The molecule has 2 aliphatic carbocycles. The minimum atomic E-state index is -0.201. The first-order chi connectivity index (χ1) is 12.7. The molecule has 2 saturated carbocycles. The molecular formula is C18H20N6OS. The molecule has 2 fully saturated rings. The highest BCUT2D eigenvalue weighted by Gasteiger charge is 2.43. The molecule has 2 aliphatic rings. The molecule has 0 saturated heterocycles. The Morgan fingerprint density at radius 1 is 1.35 bits per heavy atom. The van der Waals surface area contributed by atoms with Gasteiger partial charge in [0.2, 0.25) is 0 Å². The highest BCUT2D eigenvalue weighted by molar-refractivity contribution is 7.13. The van der Waals surface area contributed by atoms with Crippen molar-refractivity contribution in [3.8, 4) is 10.6 Å². The SMILES string of the molecule is Cc1nn(C(C2CC2)C2CC2)cc1NC(=O)c1csc(-c2cn[nH]c2)n1. The molecule has 2 N–H and O–H groups in total. The molecule has 0 unspecified atom stereocenters. The summed E-state index contributed by atoms with van der Waals surface area (Å²) in [5.74, 6) is 1.33. The number of aryl methyl sites for hydroxylation is 1. The van der Waals surface area contributed by atoms with E-state index < -0.39 is 0 Å². The Morgan fingerprint density at radius 2 is 2.12 bits per heavy atom. The van der Waals surface area contributed by atoms with Crippen LogP contribution in [-0.2, 0) is 0 Å². The van der Waals surface area contributed by atoms with Crippen LogP contribution >= 0.6 is 11.3 Å². The molecule has 0 atom stereocenters. The summed E-state index contributed by atoms with van der Waals surface area (Å²) < 4.78 is 2.10. The molecule has 26 heavy (non-hydrogen) atoms. The van der Waals surface area contributed by atoms with E-state index in [-0.39, 0.29) is 5.91 Å². The number of hydrogen-bond acceptors (Lipinski definition) is 5. The smallest absolute Gasteiger partial charge is 0.275 e. The molecule has 0 bridgehead atoms. The first-order valence-corrected chi connectivity index (χ1v) is 9.89. The van der Waals surface area contributed by atoms with Crippen LogP contribution < -0.4 is 5.32 Å². The van der Waals surface area contributed by atoms with E-state index in [4.69, 9.17) is 5.10 Å². The second-order valence-corrected chi connectivity index (χ2v) is 8.11. The number of rotatable bonds is 6. The molecule has 8 heteroatoms. The summed E-state index contributed by atoms with van der Waals surface area (Å²) in [7, 11) is 0. The molecule has 3 aromatic rings. The number of nitrogens with zero attached hydrogens (tertiary/aromatic N) is 4. The Morgan fingerprint density at radius 3 is 2.77 bits per heavy atom. The van der Waals surface area contributed by atoms with Gasteiger partial charge in [-0.1, -0.05) is 0 Å². The van der Waals surface area contributed by atoms with Crippen molar-refractivity contribution in [1.82, 2.24) is 25.0 Å². The lowest BCUT2D eigenvalue weighted by atomic mass is 10.1. The molecule has 0 radical (unpaired) electrons. The number of carbonyl (C=O) groups is 1. The highest BCUT2D eigenvalue weighted by atomic mass is 32.1. The van der Waals surface area contributed by atoms with Crippen LogP contribution in [0.15, 0.2) is 24.0 Å². The molecule has 0 aromatic carbocycles. The second kappa shape index (κ2) is 6.05. The zero-order valence-corrected chi connectivity index (χ0v) is 15.3. The van der Waals surface area contributed by atoms with Crippen LogP contribution in [0.25, 0.3) is 10.6 Å². The molecule has 3 heterocycles. The van der Waals surface area contributed by atoms with Crippen molar-refractivity contribution in [3.63, 3.8) is 0 Å². The van der Waals surface area contributed by atoms with Gasteiger partial charge in [-0.05, 0) is 44.4 Å². The monoisotopic (exact) mass is 368 g/mol. The zero-order chi connectivity index (χ0) is 17.7. The van der Waals surface area contributed by atoms with E-state index in [1.54, 1.807) is 17.8 Å². The maximum absolute atomic E-state index is 12.6. The largest absolute Gasteiger partial charge is 0.318 e. The minimum Gasteiger partial charge on any atom is -0.318 e. The highest BCUT2D eigenvalue weighted by Crippen LogP contribution is 2.52. The minimum absolute atomic E-state index is 0.201. The average molecular weight is 368 g/mol. The Labute approximate surface area is 154 Å². The lowest BCUT2D eigenvalue weighted by Gasteiger charge is -2.15. The predicted molar refractivity (Wildman–Crippen MR) is 99.1 cm³/mol. The fourth-order valence-corrected chi connectivity index (χ4v) is 4.30. The van der Waals surface area contributed by atoms with Crippen LogP contribution in [0, 0.1) is 18.8 Å². The van der Waals surface area contributed by atoms with E-state index in [2.05, 4.69) is 25.2 Å². The van der Waals surface area contributed by atoms with Crippen molar-refractivity contribution in [2.45, 2.75) is 38.6 Å². The van der Waals surface area contributed by atoms with E-state index in [1.807, 2.05) is 13.1 Å². The molecule has 0 aliphatic heterocycles. The van der Waals surface area contributed by atoms with Gasteiger partial charge in [-0.25, -0.2) is 4.98 Å². The molecule has 7 nitrogen and oxygen atoms in total. The van der Waals surface area contributed by atoms with Crippen molar-refractivity contribution >= 4 is 22.9 Å². The number of anilines is 1. The number of carbonyl (C=O) groups excluding carboxylic acids is 1. The summed E-state index contributed by atoms with van der Waals surface area (Å²) in [5.41, 5.74) is 2.93. The van der Waals surface area contributed by atoms with E-state index in [9.17, 15) is 4.79 Å². The molecule has 3 aromatic heterocycles. The van der Waals surface area contributed by atoms with Gasteiger partial charge < -0.3 is 5.32 Å². The Kier molecular flexibility index (Phi) is 3.66. The quantitative estimate of drug-likeness (QED) is 0.695. The van der Waals surface area contributed by atoms with E-state index in [0.717, 1.165) is 33.8 Å². The third-order valence-corrected chi connectivity index (χ3v) is 6.05. The van der Waals surface area contributed by atoms with E-state index >= 15 is 0 Å². The van der Waals surface area contributed by atoms with Crippen LogP contribution in [0.3, 0.4) is 0 Å². The zero-order valence-electron chi connectivity index (χ0n) is 14.5. The summed E-state index contributed by atoms with van der Waals surface area (Å²) >= 11 is 1.43. The molecule has 1 amide bonds. The lowest BCUT2D eigenvalue weighted by Crippen LogP contribution is -2.14. The third kappa shape index (κ3) is 2.94. The first kappa shape index (κ1) is 15.7. The van der Waals surface area contributed by atoms with Gasteiger partial charge in [-0.3, -0.25) is 14.6 Å². The van der Waals surface area contributed by atoms with Crippen LogP contribution in [0.5, 0.6) is 0 Å². The predicted octanol–water partition coefficient (Wildman–Crippen LogP) is 3.65. The van der Waals surface area contributed by atoms with Crippen molar-refractivity contribution in [3.05, 3.63) is 35.4 Å². The van der Waals surface area contributed by atoms with Gasteiger partial charge in [0, 0.05) is 23.3 Å². The van der Waals surface area contributed by atoms with Crippen molar-refractivity contribution in [1.29, 1.82) is 0 Å². The van der Waals surface area contributed by atoms with Crippen LogP contribution in [0.1, 0.15) is 47.9 Å². The van der Waals surface area contributed by atoms with Crippen LogP contribution in [0.4, 0.5) is 5.69 Å². The van der Waals surface area contributed by atoms with E-state index in [0.29, 0.717) is 11.7 Å². The van der Waals surface area contributed by atoms with Crippen molar-refractivity contribution < 1.29 is 4.79 Å². The molecule has 0 spiro atoms. The summed E-state index contributed by atoms with van der Waals surface area (Å²) in [4.78, 5) is 17.0. The molecule has 5 rings (SSSR count). The Hall–Kier alpha value is -2.48. The van der Waals surface area contributed by atoms with Crippen molar-refractivity contribution in [2.75, 3.05) is 5.32 Å². The number of nitrogens with one attached hydrogen (secondary N) is 2. The maximum atomic E-state index is 12.6. The number of thiazole rings is 1. The van der Waals surface area contributed by atoms with Gasteiger partial charge in [-0.2, -0.15) is 10.2 Å². The molecule has 134 valence electrons. The van der Waals surface area contributed by atoms with Crippen molar-refractivity contribution in [2.24, 2.45) is 11.8 Å². The standard InChI is InChI=1S/C18H20N6OS/c1-10-14(8-24(23-10)16(11-2-3-11)12-4-5-12)21-17(25)15-9-26-18(22-15)13-6-19-20-7-13/h6-9,11-12,16H,2-5H2,1H3,(H,19,20)(H,21,25). The Balaban J connectivity index is 1.34. The number of amides is 1. The average Bonchev–Trinajstić information content (AvgIpc) is 3.48. The topological polar surface area (TPSA) is 88.5 Å². The summed E-state index contributed by atoms with van der Waals surface area (Å²) in [6, 6.07) is 0.506. The van der Waals surface area contributed by atoms with Gasteiger partial charge in [0.15, 0.2) is 0 Å². The Bertz CT molecular complexity index is 923. The second-order valence-electron chi connectivity index (χ2n) is 7.25.